The zero-order valence-electron chi connectivity index (χ0n) is 17.6. The quantitative estimate of drug-likeness (QED) is 0.575. The monoisotopic (exact) mass is 450 g/mol. The zero-order chi connectivity index (χ0) is 23.2. The van der Waals surface area contributed by atoms with Gasteiger partial charge >= 0.3 is 6.18 Å². The SMILES string of the molecule is C[C@H]1OC(c2ccc(OCCCO)cc2)=N[C@@]1(Cc1ccccc1)C(=O)NCC(F)(F)F. The molecular weight excluding hydrogens is 425 g/mol. The second-order valence-electron chi connectivity index (χ2n) is 7.51. The lowest BCUT2D eigenvalue weighted by Crippen LogP contribution is -2.54. The topological polar surface area (TPSA) is 80.2 Å². The summed E-state index contributed by atoms with van der Waals surface area (Å²) in [7, 11) is 0. The van der Waals surface area contributed by atoms with Gasteiger partial charge in [0.05, 0.1) is 6.61 Å². The molecule has 0 aromatic heterocycles. The molecular formula is C23H25F3N2O4. The van der Waals surface area contributed by atoms with Crippen molar-refractivity contribution in [3.63, 3.8) is 0 Å². The highest BCUT2D eigenvalue weighted by molar-refractivity contribution is 6.00. The maximum atomic E-state index is 13.0. The van der Waals surface area contributed by atoms with Gasteiger partial charge in [-0.3, -0.25) is 4.79 Å². The fourth-order valence-corrected chi connectivity index (χ4v) is 3.38. The zero-order valence-corrected chi connectivity index (χ0v) is 17.6. The van der Waals surface area contributed by atoms with E-state index in [9.17, 15) is 18.0 Å². The third-order valence-corrected chi connectivity index (χ3v) is 5.09. The van der Waals surface area contributed by atoms with Crippen LogP contribution in [0.15, 0.2) is 59.6 Å². The molecule has 2 aromatic carbocycles. The van der Waals surface area contributed by atoms with Gasteiger partial charge in [-0.1, -0.05) is 30.3 Å². The molecule has 0 radical (unpaired) electrons. The summed E-state index contributed by atoms with van der Waals surface area (Å²) in [6, 6.07) is 15.8. The Morgan fingerprint density at radius 2 is 1.88 bits per heavy atom. The molecule has 3 rings (SSSR count). The number of alkyl halides is 3. The van der Waals surface area contributed by atoms with Crippen LogP contribution in [0.4, 0.5) is 13.2 Å². The summed E-state index contributed by atoms with van der Waals surface area (Å²) in [4.78, 5) is 17.5. The van der Waals surface area contributed by atoms with Crippen molar-refractivity contribution in [1.29, 1.82) is 0 Å². The van der Waals surface area contributed by atoms with Gasteiger partial charge in [-0.05, 0) is 36.8 Å². The minimum atomic E-state index is -4.54. The number of aliphatic hydroxyl groups is 1. The molecule has 0 unspecified atom stereocenters. The van der Waals surface area contributed by atoms with Gasteiger partial charge in [0.25, 0.3) is 5.91 Å². The minimum Gasteiger partial charge on any atom is -0.494 e. The summed E-state index contributed by atoms with van der Waals surface area (Å²) in [6.45, 7) is 0.573. The molecule has 1 amide bonds. The molecule has 172 valence electrons. The van der Waals surface area contributed by atoms with Crippen LogP contribution in [-0.2, 0) is 16.0 Å². The van der Waals surface area contributed by atoms with E-state index in [1.807, 2.05) is 11.4 Å². The number of ether oxygens (including phenoxy) is 2. The molecule has 0 spiro atoms. The van der Waals surface area contributed by atoms with Gasteiger partial charge < -0.3 is 19.9 Å². The Balaban J connectivity index is 1.87. The molecule has 0 aliphatic carbocycles. The predicted octanol–water partition coefficient (Wildman–Crippen LogP) is 3.27. The summed E-state index contributed by atoms with van der Waals surface area (Å²) in [5.41, 5.74) is -0.217. The molecule has 2 N–H and O–H groups in total. The van der Waals surface area contributed by atoms with Crippen LogP contribution in [0.1, 0.15) is 24.5 Å². The average molecular weight is 450 g/mol. The first-order valence-corrected chi connectivity index (χ1v) is 10.2. The molecule has 1 heterocycles. The van der Waals surface area contributed by atoms with E-state index in [-0.39, 0.29) is 18.9 Å². The smallest absolute Gasteiger partial charge is 0.405 e. The summed E-state index contributed by atoms with van der Waals surface area (Å²) in [5, 5.41) is 10.8. The summed E-state index contributed by atoms with van der Waals surface area (Å²) >= 11 is 0. The third kappa shape index (κ3) is 5.79. The average Bonchev–Trinajstić information content (AvgIpc) is 3.10. The van der Waals surface area contributed by atoms with Crippen LogP contribution in [0.2, 0.25) is 0 Å². The molecule has 0 saturated heterocycles. The van der Waals surface area contributed by atoms with Crippen molar-refractivity contribution in [2.45, 2.75) is 37.6 Å². The van der Waals surface area contributed by atoms with Crippen molar-refractivity contribution < 1.29 is 32.5 Å². The van der Waals surface area contributed by atoms with Crippen LogP contribution < -0.4 is 10.1 Å². The second kappa shape index (κ2) is 10.0. The molecule has 32 heavy (non-hydrogen) atoms. The number of aliphatic imine (C=N–C) groups is 1. The maximum absolute atomic E-state index is 13.0. The number of nitrogens with one attached hydrogen (secondary N) is 1. The van der Waals surface area contributed by atoms with E-state index in [1.165, 1.54) is 0 Å². The van der Waals surface area contributed by atoms with E-state index in [1.54, 1.807) is 55.5 Å². The maximum Gasteiger partial charge on any atom is 0.405 e. The van der Waals surface area contributed by atoms with E-state index in [0.29, 0.717) is 24.3 Å². The van der Waals surface area contributed by atoms with Gasteiger partial charge in [0.15, 0.2) is 5.54 Å². The second-order valence-corrected chi connectivity index (χ2v) is 7.51. The highest BCUT2D eigenvalue weighted by Crippen LogP contribution is 2.33. The van der Waals surface area contributed by atoms with Crippen molar-refractivity contribution in [2.24, 2.45) is 4.99 Å². The Hall–Kier alpha value is -3.07. The number of aliphatic hydroxyl groups excluding tert-OH is 1. The number of amides is 1. The fourth-order valence-electron chi connectivity index (χ4n) is 3.38. The molecule has 0 fully saturated rings. The predicted molar refractivity (Wildman–Crippen MR) is 113 cm³/mol. The van der Waals surface area contributed by atoms with Crippen molar-refractivity contribution >= 4 is 11.8 Å². The molecule has 9 heteroatoms. The molecule has 1 aliphatic rings. The summed E-state index contributed by atoms with van der Waals surface area (Å²) < 4.78 is 49.6. The van der Waals surface area contributed by atoms with Gasteiger partial charge in [0, 0.05) is 25.0 Å². The van der Waals surface area contributed by atoms with Crippen molar-refractivity contribution in [3.05, 3.63) is 65.7 Å². The first kappa shape index (κ1) is 23.6. The molecule has 6 nitrogen and oxygen atoms in total. The van der Waals surface area contributed by atoms with Gasteiger partial charge in [0.1, 0.15) is 18.4 Å². The number of hydrogen-bond acceptors (Lipinski definition) is 5. The first-order chi connectivity index (χ1) is 15.2. The molecule has 2 atom stereocenters. The van der Waals surface area contributed by atoms with E-state index in [2.05, 4.69) is 4.99 Å². The lowest BCUT2D eigenvalue weighted by atomic mass is 9.86. The Kier molecular flexibility index (Phi) is 7.40. The van der Waals surface area contributed by atoms with Crippen molar-refractivity contribution in [3.8, 4) is 5.75 Å². The van der Waals surface area contributed by atoms with Crippen LogP contribution in [0.3, 0.4) is 0 Å². The van der Waals surface area contributed by atoms with Crippen LogP contribution in [0.25, 0.3) is 0 Å². The van der Waals surface area contributed by atoms with Crippen LogP contribution in [0.5, 0.6) is 5.75 Å². The van der Waals surface area contributed by atoms with Crippen LogP contribution >= 0.6 is 0 Å². The highest BCUT2D eigenvalue weighted by Gasteiger charge is 2.50. The molecule has 1 aliphatic heterocycles. The van der Waals surface area contributed by atoms with Gasteiger partial charge in [-0.25, -0.2) is 4.99 Å². The van der Waals surface area contributed by atoms with Gasteiger partial charge in [-0.15, -0.1) is 0 Å². The third-order valence-electron chi connectivity index (χ3n) is 5.09. The van der Waals surface area contributed by atoms with E-state index in [4.69, 9.17) is 14.6 Å². The van der Waals surface area contributed by atoms with Gasteiger partial charge in [-0.2, -0.15) is 13.2 Å². The van der Waals surface area contributed by atoms with E-state index < -0.39 is 30.3 Å². The largest absolute Gasteiger partial charge is 0.494 e. The fraction of sp³-hybridized carbons (Fsp3) is 0.391. The molecule has 0 saturated carbocycles. The number of halogens is 3. The first-order valence-electron chi connectivity index (χ1n) is 10.2. The summed E-state index contributed by atoms with van der Waals surface area (Å²) in [5.74, 6) is -0.0741. The number of nitrogens with zero attached hydrogens (tertiary/aromatic N) is 1. The highest BCUT2D eigenvalue weighted by atomic mass is 19.4. The van der Waals surface area contributed by atoms with Crippen LogP contribution in [0, 0.1) is 0 Å². The van der Waals surface area contributed by atoms with Gasteiger partial charge in [0.2, 0.25) is 5.90 Å². The lowest BCUT2D eigenvalue weighted by Gasteiger charge is -2.28. The number of benzene rings is 2. The van der Waals surface area contributed by atoms with Crippen molar-refractivity contribution in [1.82, 2.24) is 5.32 Å². The van der Waals surface area contributed by atoms with E-state index >= 15 is 0 Å². The number of rotatable bonds is 9. The molecule has 0 bridgehead atoms. The Bertz CT molecular complexity index is 933. The Morgan fingerprint density at radius 1 is 1.19 bits per heavy atom. The number of carbonyl (C=O) groups is 1. The lowest BCUT2D eigenvalue weighted by molar-refractivity contribution is -0.143. The minimum absolute atomic E-state index is 0.0283. The van der Waals surface area contributed by atoms with Crippen LogP contribution in [-0.4, -0.2) is 54.5 Å². The number of hydrogen-bond donors (Lipinski definition) is 2. The normalized spacial score (nSPS) is 20.4. The molecule has 2 aromatic rings. The summed E-state index contributed by atoms with van der Waals surface area (Å²) in [6.07, 6.45) is -4.73. The Labute approximate surface area is 184 Å². The number of carbonyl (C=O) groups excluding carboxylic acids is 1. The van der Waals surface area contributed by atoms with E-state index in [0.717, 1.165) is 5.56 Å². The van der Waals surface area contributed by atoms with Crippen molar-refractivity contribution in [2.75, 3.05) is 19.8 Å². The standard InChI is InChI=1S/C23H25F3N2O4/c1-16-22(14-17-6-3-2-4-7-17,21(30)27-15-23(24,25)26)28-20(32-16)18-8-10-19(11-9-18)31-13-5-12-29/h2-4,6-11,16,29H,5,12-15H2,1H3,(H,27,30)/t16-,22-/m1/s1. The Morgan fingerprint density at radius 3 is 2.50 bits per heavy atom.